The molecule has 0 aromatic heterocycles. The average molecular weight is 357 g/mol. The first-order valence-electron chi connectivity index (χ1n) is 7.24. The highest BCUT2D eigenvalue weighted by molar-refractivity contribution is 6.40. The Balaban J connectivity index is 2.01. The number of fused-ring (bicyclic) bond motifs is 2. The van der Waals surface area contributed by atoms with E-state index in [1.807, 2.05) is 18.2 Å². The average Bonchev–Trinajstić information content (AvgIpc) is 2.74. The maximum Gasteiger partial charge on any atom is 0.259 e. The highest BCUT2D eigenvalue weighted by Gasteiger charge is 2.34. The van der Waals surface area contributed by atoms with Gasteiger partial charge in [-0.1, -0.05) is 47.5 Å². The van der Waals surface area contributed by atoms with Crippen LogP contribution in [0.15, 0.2) is 53.0 Å². The summed E-state index contributed by atoms with van der Waals surface area (Å²) in [4.78, 5) is 28.8. The predicted octanol–water partition coefficient (Wildman–Crippen LogP) is 3.25. The second kappa shape index (κ2) is 5.58. The molecular weight excluding hydrogens is 347 g/mol. The molecule has 2 heterocycles. The molecule has 0 unspecified atom stereocenters. The van der Waals surface area contributed by atoms with Gasteiger partial charge in [0.15, 0.2) is 0 Å². The van der Waals surface area contributed by atoms with Crippen molar-refractivity contribution in [3.05, 3.63) is 74.8 Å². The van der Waals surface area contributed by atoms with Gasteiger partial charge in [-0.2, -0.15) is 0 Å². The summed E-state index contributed by atoms with van der Waals surface area (Å²) in [5.74, 6) is -0.811. The van der Waals surface area contributed by atoms with Crippen LogP contribution in [0.4, 0.5) is 0 Å². The molecule has 2 aliphatic rings. The van der Waals surface area contributed by atoms with Crippen molar-refractivity contribution in [2.75, 3.05) is 6.54 Å². The van der Waals surface area contributed by atoms with Crippen LogP contribution in [-0.2, 0) is 9.59 Å². The monoisotopic (exact) mass is 356 g/mol. The number of aliphatic imine (C=N–C) groups is 1. The Bertz CT molecular complexity index is 977. The summed E-state index contributed by atoms with van der Waals surface area (Å²) in [5, 5.41) is 3.39. The van der Waals surface area contributed by atoms with Crippen molar-refractivity contribution in [1.29, 1.82) is 0 Å². The van der Waals surface area contributed by atoms with E-state index in [0.717, 1.165) is 5.56 Å². The van der Waals surface area contributed by atoms with Crippen molar-refractivity contribution in [2.45, 2.75) is 0 Å². The quantitative estimate of drug-likeness (QED) is 0.797. The minimum Gasteiger partial charge on any atom is -0.288 e. The van der Waals surface area contributed by atoms with Crippen LogP contribution in [0, 0.1) is 0 Å². The Morgan fingerprint density at radius 2 is 1.71 bits per heavy atom. The third kappa shape index (κ3) is 2.27. The van der Waals surface area contributed by atoms with Gasteiger partial charge in [-0.15, -0.1) is 0 Å². The number of nitrogens with one attached hydrogen (secondary N) is 1. The fraction of sp³-hybridized carbons (Fsp3) is 0.0556. The van der Waals surface area contributed by atoms with Crippen LogP contribution in [0.3, 0.4) is 0 Å². The van der Waals surface area contributed by atoms with E-state index in [9.17, 15) is 9.59 Å². The van der Waals surface area contributed by atoms with Crippen molar-refractivity contribution >= 4 is 46.3 Å². The van der Waals surface area contributed by atoms with E-state index in [1.165, 1.54) is 0 Å². The van der Waals surface area contributed by atoms with Crippen molar-refractivity contribution in [2.24, 2.45) is 4.99 Å². The first-order chi connectivity index (χ1) is 11.6. The minimum absolute atomic E-state index is 0.111. The van der Waals surface area contributed by atoms with Crippen molar-refractivity contribution in [3.63, 3.8) is 0 Å². The van der Waals surface area contributed by atoms with Gasteiger partial charge >= 0.3 is 0 Å². The van der Waals surface area contributed by atoms with Gasteiger partial charge in [0.2, 0.25) is 0 Å². The maximum atomic E-state index is 12.2. The topological polar surface area (TPSA) is 58.5 Å². The van der Waals surface area contributed by atoms with E-state index in [2.05, 4.69) is 10.3 Å². The number of hydrogen-bond acceptors (Lipinski definition) is 3. The van der Waals surface area contributed by atoms with Crippen LogP contribution in [-0.4, -0.2) is 24.1 Å². The maximum absolute atomic E-state index is 12.2. The first kappa shape index (κ1) is 15.1. The largest absolute Gasteiger partial charge is 0.288 e. The molecule has 0 saturated carbocycles. The molecule has 1 N–H and O–H groups in total. The van der Waals surface area contributed by atoms with Crippen molar-refractivity contribution in [1.82, 2.24) is 5.32 Å². The summed E-state index contributed by atoms with van der Waals surface area (Å²) in [6, 6.07) is 12.5. The van der Waals surface area contributed by atoms with Crippen LogP contribution in [0.5, 0.6) is 0 Å². The summed E-state index contributed by atoms with van der Waals surface area (Å²) in [7, 11) is 0. The Labute approximate surface area is 147 Å². The van der Waals surface area contributed by atoms with Gasteiger partial charge in [0.05, 0.1) is 23.4 Å². The number of halogens is 2. The smallest absolute Gasteiger partial charge is 0.259 e. The lowest BCUT2D eigenvalue weighted by Crippen LogP contribution is -2.24. The number of benzene rings is 2. The SMILES string of the molecule is O=C1NC(=O)C2=C1CN=C(c1ccccc1Cl)c1cc(Cl)ccc12. The summed E-state index contributed by atoms with van der Waals surface area (Å²) in [6.07, 6.45) is 0. The zero-order valence-electron chi connectivity index (χ0n) is 12.3. The van der Waals surface area contributed by atoms with E-state index in [4.69, 9.17) is 23.2 Å². The number of carbonyl (C=O) groups is 2. The summed E-state index contributed by atoms with van der Waals surface area (Å²) in [6.45, 7) is 0.111. The number of nitrogens with zero attached hydrogens (tertiary/aromatic N) is 1. The highest BCUT2D eigenvalue weighted by atomic mass is 35.5. The van der Waals surface area contributed by atoms with E-state index >= 15 is 0 Å². The molecule has 2 aliphatic heterocycles. The lowest BCUT2D eigenvalue weighted by atomic mass is 9.92. The zero-order valence-corrected chi connectivity index (χ0v) is 13.8. The Hall–Kier alpha value is -2.43. The molecule has 2 amide bonds. The third-order valence-electron chi connectivity index (χ3n) is 4.06. The summed E-state index contributed by atoms with van der Waals surface area (Å²) < 4.78 is 0. The Morgan fingerprint density at radius 1 is 0.917 bits per heavy atom. The van der Waals surface area contributed by atoms with Crippen LogP contribution >= 0.6 is 23.2 Å². The number of rotatable bonds is 1. The fourth-order valence-corrected chi connectivity index (χ4v) is 3.38. The molecule has 118 valence electrons. The van der Waals surface area contributed by atoms with Crippen LogP contribution in [0.25, 0.3) is 5.57 Å². The van der Waals surface area contributed by atoms with Gasteiger partial charge in [-0.05, 0) is 23.8 Å². The molecule has 2 aromatic carbocycles. The lowest BCUT2D eigenvalue weighted by Gasteiger charge is -2.13. The number of imide groups is 1. The second-order valence-corrected chi connectivity index (χ2v) is 6.32. The number of hydrogen-bond donors (Lipinski definition) is 1. The molecule has 6 heteroatoms. The zero-order chi connectivity index (χ0) is 16.8. The van der Waals surface area contributed by atoms with Gasteiger partial charge in [0.25, 0.3) is 11.8 Å². The van der Waals surface area contributed by atoms with Gasteiger partial charge in [0, 0.05) is 21.2 Å². The molecule has 4 rings (SSSR count). The van der Waals surface area contributed by atoms with E-state index in [-0.39, 0.29) is 6.54 Å². The minimum atomic E-state index is -0.408. The molecule has 0 atom stereocenters. The van der Waals surface area contributed by atoms with Gasteiger partial charge in [-0.25, -0.2) is 0 Å². The molecule has 0 bridgehead atoms. The summed E-state index contributed by atoms with van der Waals surface area (Å²) >= 11 is 12.5. The normalized spacial score (nSPS) is 16.3. The highest BCUT2D eigenvalue weighted by Crippen LogP contribution is 2.34. The fourth-order valence-electron chi connectivity index (χ4n) is 2.98. The van der Waals surface area contributed by atoms with E-state index in [0.29, 0.717) is 38.0 Å². The predicted molar refractivity (Wildman–Crippen MR) is 93.5 cm³/mol. The number of amides is 2. The molecule has 4 nitrogen and oxygen atoms in total. The molecule has 0 spiro atoms. The third-order valence-corrected chi connectivity index (χ3v) is 4.63. The van der Waals surface area contributed by atoms with Gasteiger partial charge in [-0.3, -0.25) is 19.9 Å². The molecule has 2 aromatic rings. The molecular formula is C18H10Cl2N2O2. The van der Waals surface area contributed by atoms with E-state index in [1.54, 1.807) is 24.3 Å². The summed E-state index contributed by atoms with van der Waals surface area (Å²) in [5.41, 5.74) is 3.40. The molecule has 24 heavy (non-hydrogen) atoms. The molecule has 0 aliphatic carbocycles. The molecule has 0 radical (unpaired) electrons. The van der Waals surface area contributed by atoms with Crippen molar-refractivity contribution in [3.8, 4) is 0 Å². The van der Waals surface area contributed by atoms with E-state index < -0.39 is 11.8 Å². The van der Waals surface area contributed by atoms with Gasteiger partial charge < -0.3 is 0 Å². The van der Waals surface area contributed by atoms with Crippen LogP contribution < -0.4 is 5.32 Å². The van der Waals surface area contributed by atoms with Crippen LogP contribution in [0.2, 0.25) is 10.0 Å². The van der Waals surface area contributed by atoms with Crippen molar-refractivity contribution < 1.29 is 9.59 Å². The number of carbonyl (C=O) groups excluding carboxylic acids is 2. The standard InChI is InChI=1S/C18H10Cl2N2O2/c19-9-5-6-10-12(7-9)16(11-3-1-2-4-14(11)20)21-8-13-15(10)18(24)22-17(13)23/h1-7H,8H2,(H,22,23,24). The van der Waals surface area contributed by atoms with Gasteiger partial charge in [0.1, 0.15) is 0 Å². The molecule has 0 fully saturated rings. The first-order valence-corrected chi connectivity index (χ1v) is 8.00. The van der Waals surface area contributed by atoms with Crippen LogP contribution in [0.1, 0.15) is 16.7 Å². The Kier molecular flexibility index (Phi) is 3.52. The molecule has 0 saturated heterocycles. The lowest BCUT2D eigenvalue weighted by molar-refractivity contribution is -0.123. The second-order valence-electron chi connectivity index (χ2n) is 5.47. The Morgan fingerprint density at radius 3 is 2.50 bits per heavy atom.